The van der Waals surface area contributed by atoms with Crippen LogP contribution in [-0.4, -0.2) is 52.2 Å². The predicted octanol–water partition coefficient (Wildman–Crippen LogP) is 5.46. The number of ether oxygens (including phenoxy) is 1. The molecule has 0 atom stereocenters. The molecule has 0 aromatic heterocycles. The van der Waals surface area contributed by atoms with E-state index < -0.39 is 21.8 Å². The van der Waals surface area contributed by atoms with Gasteiger partial charge in [0.15, 0.2) is 0 Å². The number of benzene rings is 1. The minimum Gasteiger partial charge on any atom is -0.378 e. The van der Waals surface area contributed by atoms with Gasteiger partial charge in [-0.15, -0.1) is 0 Å². The minimum absolute atomic E-state index is 0.150. The van der Waals surface area contributed by atoms with Gasteiger partial charge in [-0.3, -0.25) is 0 Å². The Morgan fingerprint density at radius 1 is 1.03 bits per heavy atom. The zero-order valence-corrected chi connectivity index (χ0v) is 20.9. The molecule has 0 amide bonds. The van der Waals surface area contributed by atoms with Crippen LogP contribution in [0.2, 0.25) is 0 Å². The first-order chi connectivity index (χ1) is 15.5. The number of sulfonamides is 1. The highest BCUT2D eigenvalue weighted by molar-refractivity contribution is 7.89. The molecule has 0 saturated heterocycles. The van der Waals surface area contributed by atoms with Crippen molar-refractivity contribution in [1.82, 2.24) is 9.62 Å². The number of hydrogen-bond donors (Lipinski definition) is 1. The van der Waals surface area contributed by atoms with Crippen molar-refractivity contribution in [3.8, 4) is 0 Å². The number of nitrogens with one attached hydrogen (secondary N) is 1. The van der Waals surface area contributed by atoms with Gasteiger partial charge in [0.05, 0.1) is 16.6 Å². The van der Waals surface area contributed by atoms with E-state index in [1.165, 1.54) is 19.3 Å². The largest absolute Gasteiger partial charge is 0.416 e. The third kappa shape index (κ3) is 9.92. The molecule has 0 unspecified atom stereocenters. The van der Waals surface area contributed by atoms with Gasteiger partial charge in [-0.2, -0.15) is 13.2 Å². The van der Waals surface area contributed by atoms with E-state index in [1.807, 2.05) is 0 Å². The first kappa shape index (κ1) is 28.1. The van der Waals surface area contributed by atoms with E-state index in [-0.39, 0.29) is 16.9 Å². The highest BCUT2D eigenvalue weighted by atomic mass is 32.2. The lowest BCUT2D eigenvalue weighted by Gasteiger charge is -2.28. The van der Waals surface area contributed by atoms with E-state index in [2.05, 4.69) is 30.5 Å². The summed E-state index contributed by atoms with van der Waals surface area (Å²) >= 11 is 0. The Morgan fingerprint density at radius 3 is 2.21 bits per heavy atom. The van der Waals surface area contributed by atoms with E-state index >= 15 is 0 Å². The Morgan fingerprint density at radius 2 is 1.64 bits per heavy atom. The number of rotatable bonds is 13. The smallest absolute Gasteiger partial charge is 0.378 e. The Hall–Kier alpha value is -1.16. The molecular formula is C24H39F3N2O3S. The fourth-order valence-corrected chi connectivity index (χ4v) is 5.08. The molecule has 1 aromatic rings. The van der Waals surface area contributed by atoms with E-state index in [4.69, 9.17) is 4.74 Å². The molecule has 0 radical (unpaired) electrons. The molecule has 5 nitrogen and oxygen atoms in total. The zero-order valence-electron chi connectivity index (χ0n) is 20.0. The van der Waals surface area contributed by atoms with Crippen molar-refractivity contribution in [3.63, 3.8) is 0 Å². The molecule has 1 saturated carbocycles. The van der Waals surface area contributed by atoms with Crippen LogP contribution in [0.25, 0.3) is 0 Å². The summed E-state index contributed by atoms with van der Waals surface area (Å²) in [6.45, 7) is 6.61. The maximum atomic E-state index is 12.7. The van der Waals surface area contributed by atoms with Gasteiger partial charge in [0.2, 0.25) is 10.0 Å². The second-order valence-electron chi connectivity index (χ2n) is 9.38. The van der Waals surface area contributed by atoms with E-state index in [0.717, 1.165) is 69.5 Å². The number of halogens is 3. The zero-order chi connectivity index (χ0) is 24.5. The molecule has 0 spiro atoms. The van der Waals surface area contributed by atoms with Crippen molar-refractivity contribution in [2.24, 2.45) is 5.92 Å². The number of alkyl halides is 3. The Labute approximate surface area is 197 Å². The first-order valence-corrected chi connectivity index (χ1v) is 13.5. The molecule has 2 rings (SSSR count). The number of unbranched alkanes of at least 4 members (excludes halogenated alkanes) is 3. The maximum Gasteiger partial charge on any atom is 0.416 e. The van der Waals surface area contributed by atoms with E-state index in [0.29, 0.717) is 12.6 Å². The molecule has 33 heavy (non-hydrogen) atoms. The monoisotopic (exact) mass is 492 g/mol. The normalized spacial score (nSPS) is 20.0. The van der Waals surface area contributed by atoms with Crippen molar-refractivity contribution in [2.75, 3.05) is 26.7 Å². The van der Waals surface area contributed by atoms with Crippen LogP contribution >= 0.6 is 0 Å². The third-order valence-electron chi connectivity index (χ3n) is 6.49. The van der Waals surface area contributed by atoms with Crippen LogP contribution in [0.3, 0.4) is 0 Å². The highest BCUT2D eigenvalue weighted by Gasteiger charge is 2.31. The van der Waals surface area contributed by atoms with Crippen molar-refractivity contribution >= 4 is 10.0 Å². The summed E-state index contributed by atoms with van der Waals surface area (Å²) in [7, 11) is -1.67. The standard InChI is InChI=1S/C24H39F3N2O3S/c1-19(2)29(3)16-6-4-5-7-17-32-22-12-8-20(9-13-22)18-28-33(30,31)23-14-10-21(11-15-23)24(25,26)27/h10-11,14-15,19-20,22,28H,4-9,12-13,16-18H2,1-3H3. The SMILES string of the molecule is CC(C)N(C)CCCCCCOC1CCC(CNS(=O)(=O)c2ccc(C(F)(F)F)cc2)CC1. The van der Waals surface area contributed by atoms with Crippen LogP contribution in [0.15, 0.2) is 29.2 Å². The van der Waals surface area contributed by atoms with Crippen LogP contribution in [0.5, 0.6) is 0 Å². The van der Waals surface area contributed by atoms with Gasteiger partial charge in [-0.25, -0.2) is 13.1 Å². The summed E-state index contributed by atoms with van der Waals surface area (Å²) in [4.78, 5) is 2.21. The molecule has 0 bridgehead atoms. The summed E-state index contributed by atoms with van der Waals surface area (Å²) < 4.78 is 71.3. The predicted molar refractivity (Wildman–Crippen MR) is 125 cm³/mol. The Kier molecular flexibility index (Phi) is 11.1. The summed E-state index contributed by atoms with van der Waals surface area (Å²) in [5, 5.41) is 0. The lowest BCUT2D eigenvalue weighted by atomic mass is 9.87. The summed E-state index contributed by atoms with van der Waals surface area (Å²) in [6.07, 6.45) is 3.99. The van der Waals surface area contributed by atoms with Gasteiger partial charge in [0.25, 0.3) is 0 Å². The summed E-state index contributed by atoms with van der Waals surface area (Å²) in [5.41, 5.74) is -0.862. The summed E-state index contributed by atoms with van der Waals surface area (Å²) in [6, 6.07) is 4.17. The van der Waals surface area contributed by atoms with Crippen LogP contribution < -0.4 is 4.72 Å². The van der Waals surface area contributed by atoms with Crippen LogP contribution in [0.4, 0.5) is 13.2 Å². The second-order valence-corrected chi connectivity index (χ2v) is 11.1. The van der Waals surface area contributed by atoms with Crippen molar-refractivity contribution in [2.45, 2.75) is 88.4 Å². The van der Waals surface area contributed by atoms with Gasteiger partial charge in [-0.1, -0.05) is 12.8 Å². The Balaban J connectivity index is 1.60. The Bertz CT molecular complexity index is 790. The van der Waals surface area contributed by atoms with E-state index in [9.17, 15) is 21.6 Å². The van der Waals surface area contributed by atoms with Gasteiger partial charge >= 0.3 is 6.18 Å². The lowest BCUT2D eigenvalue weighted by molar-refractivity contribution is -0.137. The molecule has 1 aliphatic rings. The fourth-order valence-electron chi connectivity index (χ4n) is 3.96. The van der Waals surface area contributed by atoms with Crippen molar-refractivity contribution in [3.05, 3.63) is 29.8 Å². The molecule has 9 heteroatoms. The highest BCUT2D eigenvalue weighted by Crippen LogP contribution is 2.30. The second kappa shape index (κ2) is 13.1. The van der Waals surface area contributed by atoms with E-state index in [1.54, 1.807) is 0 Å². The average molecular weight is 493 g/mol. The molecule has 1 aliphatic carbocycles. The van der Waals surface area contributed by atoms with Crippen LogP contribution in [0, 0.1) is 5.92 Å². The summed E-state index contributed by atoms with van der Waals surface area (Å²) in [5.74, 6) is 0.215. The molecule has 1 N–H and O–H groups in total. The third-order valence-corrected chi connectivity index (χ3v) is 7.93. The molecule has 190 valence electrons. The topological polar surface area (TPSA) is 58.6 Å². The van der Waals surface area contributed by atoms with Gasteiger partial charge < -0.3 is 9.64 Å². The quantitative estimate of drug-likeness (QED) is 0.372. The van der Waals surface area contributed by atoms with Crippen molar-refractivity contribution in [1.29, 1.82) is 0 Å². The maximum absolute atomic E-state index is 12.7. The molecule has 0 heterocycles. The van der Waals surface area contributed by atoms with Gasteiger partial charge in [0, 0.05) is 19.2 Å². The molecule has 1 aromatic carbocycles. The molecule has 0 aliphatic heterocycles. The number of hydrogen-bond acceptors (Lipinski definition) is 4. The molecule has 1 fully saturated rings. The first-order valence-electron chi connectivity index (χ1n) is 12.0. The average Bonchev–Trinajstić information content (AvgIpc) is 2.77. The van der Waals surface area contributed by atoms with Crippen LogP contribution in [0.1, 0.15) is 70.8 Å². The number of nitrogens with zero attached hydrogens (tertiary/aromatic N) is 1. The van der Waals surface area contributed by atoms with Gasteiger partial charge in [0.1, 0.15) is 0 Å². The molecular weight excluding hydrogens is 453 g/mol. The minimum atomic E-state index is -4.49. The lowest BCUT2D eigenvalue weighted by Crippen LogP contribution is -2.32. The fraction of sp³-hybridized carbons (Fsp3) is 0.750. The van der Waals surface area contributed by atoms with Crippen molar-refractivity contribution < 1.29 is 26.3 Å². The van der Waals surface area contributed by atoms with Gasteiger partial charge in [-0.05, 0) is 96.1 Å². The van der Waals surface area contributed by atoms with Crippen LogP contribution in [-0.2, 0) is 20.9 Å².